The SMILES string of the molecule is Cc1ccccc1CC1(C(=O)OCc2cccnc2)CCNCC1C(=O)[C@@H](N)CS.O=C(O)C(F)(F)F. The molecule has 1 aliphatic heterocycles. The van der Waals surface area contributed by atoms with Crippen molar-refractivity contribution in [3.05, 3.63) is 65.5 Å². The number of nitrogens with zero attached hydrogens (tertiary/aromatic N) is 1. The molecule has 0 aliphatic carbocycles. The first-order valence-corrected chi connectivity index (χ1v) is 12.1. The predicted molar refractivity (Wildman–Crippen MR) is 133 cm³/mol. The van der Waals surface area contributed by atoms with Crippen LogP contribution in [0.4, 0.5) is 13.2 Å². The fourth-order valence-electron chi connectivity index (χ4n) is 4.10. The zero-order chi connectivity index (χ0) is 27.6. The number of ketones is 1. The first-order valence-electron chi connectivity index (χ1n) is 11.4. The number of piperidine rings is 1. The molecule has 12 heteroatoms. The third-order valence-electron chi connectivity index (χ3n) is 6.18. The first kappa shape index (κ1) is 30.3. The fourth-order valence-corrected chi connectivity index (χ4v) is 4.28. The quantitative estimate of drug-likeness (QED) is 0.296. The minimum atomic E-state index is -5.08. The maximum atomic E-state index is 13.6. The lowest BCUT2D eigenvalue weighted by Gasteiger charge is -2.42. The van der Waals surface area contributed by atoms with E-state index in [1.54, 1.807) is 18.5 Å². The van der Waals surface area contributed by atoms with Crippen molar-refractivity contribution in [2.75, 3.05) is 18.8 Å². The van der Waals surface area contributed by atoms with E-state index in [2.05, 4.69) is 22.9 Å². The molecular formula is C25H30F3N3O5S. The number of carbonyl (C=O) groups excluding carboxylic acids is 2. The number of Topliss-reactive ketones (excluding diaryl/α,β-unsaturated/α-hetero) is 1. The van der Waals surface area contributed by atoms with E-state index in [1.807, 2.05) is 37.3 Å². The molecule has 1 aliphatic rings. The smallest absolute Gasteiger partial charge is 0.475 e. The van der Waals surface area contributed by atoms with Gasteiger partial charge in [0.1, 0.15) is 6.61 Å². The van der Waals surface area contributed by atoms with Gasteiger partial charge >= 0.3 is 18.1 Å². The minimum absolute atomic E-state index is 0.120. The van der Waals surface area contributed by atoms with Crippen LogP contribution in [0.15, 0.2) is 48.8 Å². The van der Waals surface area contributed by atoms with Gasteiger partial charge in [0.2, 0.25) is 0 Å². The van der Waals surface area contributed by atoms with Crippen LogP contribution in [0.1, 0.15) is 23.1 Å². The molecule has 0 bridgehead atoms. The molecule has 2 aromatic rings. The Kier molecular flexibility index (Phi) is 11.1. The number of hydrogen-bond donors (Lipinski definition) is 4. The number of carboxylic acid groups (broad SMARTS) is 1. The van der Waals surface area contributed by atoms with Crippen LogP contribution in [0.5, 0.6) is 0 Å². The van der Waals surface area contributed by atoms with Crippen LogP contribution in [-0.2, 0) is 32.1 Å². The summed E-state index contributed by atoms with van der Waals surface area (Å²) in [6.07, 6.45) is -0.805. The third kappa shape index (κ3) is 8.27. The number of esters is 1. The molecule has 0 saturated carbocycles. The number of aryl methyl sites for hydroxylation is 1. The number of halogens is 3. The van der Waals surface area contributed by atoms with Crippen molar-refractivity contribution in [3.8, 4) is 0 Å². The number of ether oxygens (including phenoxy) is 1. The Hall–Kier alpha value is -2.96. The number of nitrogens with two attached hydrogens (primary N) is 1. The van der Waals surface area contributed by atoms with Gasteiger partial charge in [-0.1, -0.05) is 30.3 Å². The number of alkyl halides is 3. The zero-order valence-electron chi connectivity index (χ0n) is 20.2. The summed E-state index contributed by atoms with van der Waals surface area (Å²) in [5.41, 5.74) is 7.99. The standard InChI is InChI=1S/C23H29N3O3S.C2HF3O2/c1-16-5-2-3-7-18(16)11-23(22(28)29-14-17-6-4-9-25-12-17)8-10-26-13-19(23)21(27)20(24)15-30;3-2(4,5)1(6)7/h2-7,9,12,19-20,26,30H,8,10-11,13-15,24H2,1H3;(H,6,7)/t19?,20-,23?;/m0./s1. The normalized spacial score (nSPS) is 20.2. The molecule has 37 heavy (non-hydrogen) atoms. The molecule has 202 valence electrons. The van der Waals surface area contributed by atoms with Crippen LogP contribution in [-0.4, -0.2) is 58.9 Å². The molecule has 8 nitrogen and oxygen atoms in total. The number of thiol groups is 1. The van der Waals surface area contributed by atoms with Crippen molar-refractivity contribution >= 4 is 30.4 Å². The number of rotatable bonds is 8. The Morgan fingerprint density at radius 3 is 2.51 bits per heavy atom. The highest BCUT2D eigenvalue weighted by Gasteiger charge is 2.52. The third-order valence-corrected chi connectivity index (χ3v) is 6.57. The number of hydrogen-bond acceptors (Lipinski definition) is 8. The van der Waals surface area contributed by atoms with Gasteiger partial charge in [-0.3, -0.25) is 14.6 Å². The Bertz CT molecular complexity index is 1070. The molecule has 0 radical (unpaired) electrons. The molecule has 4 N–H and O–H groups in total. The summed E-state index contributed by atoms with van der Waals surface area (Å²) in [7, 11) is 0. The van der Waals surface area contributed by atoms with Gasteiger partial charge in [0.25, 0.3) is 0 Å². The minimum Gasteiger partial charge on any atom is -0.475 e. The van der Waals surface area contributed by atoms with E-state index in [-0.39, 0.29) is 24.1 Å². The maximum Gasteiger partial charge on any atom is 0.490 e. The first-order chi connectivity index (χ1) is 17.4. The van der Waals surface area contributed by atoms with E-state index in [4.69, 9.17) is 20.4 Å². The number of pyridine rings is 1. The number of nitrogens with one attached hydrogen (secondary N) is 1. The van der Waals surface area contributed by atoms with Gasteiger partial charge in [-0.05, 0) is 43.5 Å². The van der Waals surface area contributed by atoms with Crippen LogP contribution >= 0.6 is 12.6 Å². The number of aliphatic carboxylic acids is 1. The van der Waals surface area contributed by atoms with Gasteiger partial charge in [0.05, 0.1) is 11.5 Å². The number of carbonyl (C=O) groups is 3. The predicted octanol–water partition coefficient (Wildman–Crippen LogP) is 2.73. The molecule has 2 heterocycles. The van der Waals surface area contributed by atoms with Gasteiger partial charge in [-0.25, -0.2) is 4.79 Å². The lowest BCUT2D eigenvalue weighted by atomic mass is 9.64. The number of benzene rings is 1. The number of aromatic nitrogens is 1. The number of carboxylic acids is 1. The summed E-state index contributed by atoms with van der Waals surface area (Å²) in [6.45, 7) is 3.17. The van der Waals surface area contributed by atoms with Crippen molar-refractivity contribution in [2.45, 2.75) is 38.6 Å². The van der Waals surface area contributed by atoms with E-state index in [9.17, 15) is 22.8 Å². The second-order valence-corrected chi connectivity index (χ2v) is 9.06. The highest BCUT2D eigenvalue weighted by atomic mass is 32.1. The fraction of sp³-hybridized carbons (Fsp3) is 0.440. The molecule has 1 fully saturated rings. The summed E-state index contributed by atoms with van der Waals surface area (Å²) >= 11 is 4.20. The van der Waals surface area contributed by atoms with E-state index in [0.29, 0.717) is 25.9 Å². The lowest BCUT2D eigenvalue weighted by Crippen LogP contribution is -2.57. The summed E-state index contributed by atoms with van der Waals surface area (Å²) in [4.78, 5) is 39.7. The topological polar surface area (TPSA) is 132 Å². The average molecular weight is 542 g/mol. The molecule has 0 spiro atoms. The second-order valence-electron chi connectivity index (χ2n) is 8.70. The summed E-state index contributed by atoms with van der Waals surface area (Å²) in [6, 6.07) is 10.9. The Labute approximate surface area is 218 Å². The Morgan fingerprint density at radius 1 is 1.27 bits per heavy atom. The molecule has 1 aromatic carbocycles. The maximum absolute atomic E-state index is 13.6. The molecule has 1 saturated heterocycles. The highest BCUT2D eigenvalue weighted by Crippen LogP contribution is 2.41. The van der Waals surface area contributed by atoms with Crippen molar-refractivity contribution in [1.82, 2.24) is 10.3 Å². The molecule has 0 amide bonds. The van der Waals surface area contributed by atoms with Crippen LogP contribution in [0, 0.1) is 18.3 Å². The van der Waals surface area contributed by atoms with E-state index in [0.717, 1.165) is 16.7 Å². The highest BCUT2D eigenvalue weighted by molar-refractivity contribution is 7.80. The van der Waals surface area contributed by atoms with Gasteiger partial charge in [-0.15, -0.1) is 0 Å². The molecule has 3 atom stereocenters. The van der Waals surface area contributed by atoms with Crippen molar-refractivity contribution in [3.63, 3.8) is 0 Å². The summed E-state index contributed by atoms with van der Waals surface area (Å²) in [5, 5.41) is 10.4. The van der Waals surface area contributed by atoms with E-state index in [1.165, 1.54) is 0 Å². The van der Waals surface area contributed by atoms with Crippen LogP contribution in [0.3, 0.4) is 0 Å². The monoisotopic (exact) mass is 541 g/mol. The van der Waals surface area contributed by atoms with Gasteiger partial charge in [0, 0.05) is 36.2 Å². The summed E-state index contributed by atoms with van der Waals surface area (Å²) < 4.78 is 37.5. The lowest BCUT2D eigenvalue weighted by molar-refractivity contribution is -0.192. The van der Waals surface area contributed by atoms with Gasteiger partial charge in [0.15, 0.2) is 5.78 Å². The van der Waals surface area contributed by atoms with Crippen LogP contribution < -0.4 is 11.1 Å². The van der Waals surface area contributed by atoms with Crippen LogP contribution in [0.2, 0.25) is 0 Å². The molecule has 1 aromatic heterocycles. The largest absolute Gasteiger partial charge is 0.490 e. The van der Waals surface area contributed by atoms with Gasteiger partial charge < -0.3 is 20.9 Å². The molecule has 3 rings (SSSR count). The van der Waals surface area contributed by atoms with Crippen molar-refractivity contribution < 1.29 is 37.4 Å². The van der Waals surface area contributed by atoms with Crippen molar-refractivity contribution in [1.29, 1.82) is 0 Å². The Morgan fingerprint density at radius 2 is 1.95 bits per heavy atom. The van der Waals surface area contributed by atoms with Crippen LogP contribution in [0.25, 0.3) is 0 Å². The van der Waals surface area contributed by atoms with Gasteiger partial charge in [-0.2, -0.15) is 25.8 Å². The second kappa shape index (κ2) is 13.5. The summed E-state index contributed by atoms with van der Waals surface area (Å²) in [5.74, 6) is -3.60. The van der Waals surface area contributed by atoms with Crippen molar-refractivity contribution in [2.24, 2.45) is 17.1 Å². The van der Waals surface area contributed by atoms with E-state index < -0.39 is 29.5 Å². The zero-order valence-corrected chi connectivity index (χ0v) is 21.1. The Balaban J connectivity index is 0.000000604. The molecule has 2 unspecified atom stereocenters. The molecular weight excluding hydrogens is 511 g/mol. The van der Waals surface area contributed by atoms with E-state index >= 15 is 0 Å². The average Bonchev–Trinajstić information content (AvgIpc) is 2.88.